The third kappa shape index (κ3) is 5.09. The van der Waals surface area contributed by atoms with Crippen LogP contribution in [0.15, 0.2) is 5.16 Å². The number of hydrogen-bond acceptors (Lipinski definition) is 3. The minimum Gasteiger partial charge on any atom is -0.409 e. The fourth-order valence-electron chi connectivity index (χ4n) is 1.02. The molecule has 0 heterocycles. The Morgan fingerprint density at radius 2 is 2.20 bits per heavy atom. The van der Waals surface area contributed by atoms with Gasteiger partial charge in [-0.25, -0.2) is 4.79 Å². The minimum atomic E-state index is -0.143. The van der Waals surface area contributed by atoms with Gasteiger partial charge in [0.05, 0.1) is 0 Å². The van der Waals surface area contributed by atoms with E-state index < -0.39 is 0 Å². The van der Waals surface area contributed by atoms with Crippen molar-refractivity contribution in [2.45, 2.75) is 32.7 Å². The van der Waals surface area contributed by atoms with Gasteiger partial charge < -0.3 is 21.2 Å². The average molecular weight is 216 g/mol. The zero-order chi connectivity index (χ0) is 11.8. The maximum atomic E-state index is 11.5. The first-order valence-corrected chi connectivity index (χ1v) is 5.03. The Labute approximate surface area is 90.1 Å². The number of rotatable bonds is 5. The van der Waals surface area contributed by atoms with Crippen LogP contribution in [0, 0.1) is 0 Å². The molecule has 0 bridgehead atoms. The van der Waals surface area contributed by atoms with Gasteiger partial charge in [0.25, 0.3) is 0 Å². The molecular formula is C9H20N4O2. The SMILES string of the molecule is CCC(CC(N)=NO)NC(=O)N(C)CC. The van der Waals surface area contributed by atoms with E-state index in [1.807, 2.05) is 13.8 Å². The lowest BCUT2D eigenvalue weighted by Crippen LogP contribution is -2.44. The number of amides is 2. The molecule has 0 radical (unpaired) electrons. The van der Waals surface area contributed by atoms with E-state index in [-0.39, 0.29) is 17.9 Å². The highest BCUT2D eigenvalue weighted by molar-refractivity contribution is 5.81. The van der Waals surface area contributed by atoms with Crippen molar-refractivity contribution in [3.05, 3.63) is 0 Å². The third-order valence-corrected chi connectivity index (χ3v) is 2.23. The predicted octanol–water partition coefficient (Wildman–Crippen LogP) is 0.563. The number of nitrogens with zero attached hydrogens (tertiary/aromatic N) is 2. The molecule has 6 heteroatoms. The maximum absolute atomic E-state index is 11.5. The predicted molar refractivity (Wildman–Crippen MR) is 58.9 cm³/mol. The van der Waals surface area contributed by atoms with E-state index in [9.17, 15) is 4.79 Å². The monoisotopic (exact) mass is 216 g/mol. The van der Waals surface area contributed by atoms with Crippen molar-refractivity contribution >= 4 is 11.9 Å². The van der Waals surface area contributed by atoms with Crippen LogP contribution in [-0.4, -0.2) is 41.6 Å². The first-order chi connectivity index (χ1) is 7.04. The molecule has 0 spiro atoms. The molecule has 0 aliphatic rings. The van der Waals surface area contributed by atoms with E-state index in [1.54, 1.807) is 11.9 Å². The van der Waals surface area contributed by atoms with Crippen molar-refractivity contribution < 1.29 is 10.0 Å². The number of hydrogen-bond donors (Lipinski definition) is 3. The van der Waals surface area contributed by atoms with Crippen molar-refractivity contribution in [1.29, 1.82) is 0 Å². The lowest BCUT2D eigenvalue weighted by molar-refractivity contribution is 0.206. The molecule has 2 amide bonds. The number of oxime groups is 1. The molecule has 0 aromatic rings. The summed E-state index contributed by atoms with van der Waals surface area (Å²) in [6, 6.07) is -0.238. The quantitative estimate of drug-likeness (QED) is 0.271. The summed E-state index contributed by atoms with van der Waals surface area (Å²) < 4.78 is 0. The molecule has 6 nitrogen and oxygen atoms in total. The largest absolute Gasteiger partial charge is 0.409 e. The summed E-state index contributed by atoms with van der Waals surface area (Å²) in [6.45, 7) is 4.47. The van der Waals surface area contributed by atoms with Crippen LogP contribution in [-0.2, 0) is 0 Å². The van der Waals surface area contributed by atoms with Crippen molar-refractivity contribution in [2.24, 2.45) is 10.9 Å². The zero-order valence-corrected chi connectivity index (χ0v) is 9.53. The first-order valence-electron chi connectivity index (χ1n) is 5.03. The summed E-state index contributed by atoms with van der Waals surface area (Å²) in [5.74, 6) is 0.126. The highest BCUT2D eigenvalue weighted by Gasteiger charge is 2.14. The van der Waals surface area contributed by atoms with Gasteiger partial charge >= 0.3 is 6.03 Å². The van der Waals surface area contributed by atoms with Gasteiger partial charge in [-0.2, -0.15) is 0 Å². The lowest BCUT2D eigenvalue weighted by atomic mass is 10.1. The summed E-state index contributed by atoms with van der Waals surface area (Å²) in [7, 11) is 1.71. The highest BCUT2D eigenvalue weighted by atomic mass is 16.4. The molecule has 4 N–H and O–H groups in total. The van der Waals surface area contributed by atoms with Gasteiger partial charge in [0.2, 0.25) is 0 Å². The fourth-order valence-corrected chi connectivity index (χ4v) is 1.02. The molecule has 0 aliphatic carbocycles. The Balaban J connectivity index is 4.15. The van der Waals surface area contributed by atoms with Crippen molar-refractivity contribution in [3.63, 3.8) is 0 Å². The Morgan fingerprint density at radius 3 is 2.60 bits per heavy atom. The van der Waals surface area contributed by atoms with Gasteiger partial charge in [-0.1, -0.05) is 12.1 Å². The van der Waals surface area contributed by atoms with E-state index >= 15 is 0 Å². The molecule has 0 aromatic carbocycles. The second-order valence-electron chi connectivity index (χ2n) is 3.36. The van der Waals surface area contributed by atoms with Crippen molar-refractivity contribution in [2.75, 3.05) is 13.6 Å². The van der Waals surface area contributed by atoms with E-state index in [0.29, 0.717) is 13.0 Å². The number of amidine groups is 1. The van der Waals surface area contributed by atoms with Gasteiger partial charge in [0.15, 0.2) is 0 Å². The molecule has 0 fully saturated rings. The second-order valence-corrected chi connectivity index (χ2v) is 3.36. The lowest BCUT2D eigenvalue weighted by Gasteiger charge is -2.21. The summed E-state index contributed by atoms with van der Waals surface area (Å²) in [4.78, 5) is 13.0. The zero-order valence-electron chi connectivity index (χ0n) is 9.53. The third-order valence-electron chi connectivity index (χ3n) is 2.23. The first kappa shape index (κ1) is 13.5. The molecule has 0 aliphatic heterocycles. The van der Waals surface area contributed by atoms with E-state index in [4.69, 9.17) is 10.9 Å². The Morgan fingerprint density at radius 1 is 1.60 bits per heavy atom. The number of nitrogens with two attached hydrogens (primary N) is 1. The van der Waals surface area contributed by atoms with Crippen LogP contribution < -0.4 is 11.1 Å². The van der Waals surface area contributed by atoms with Gasteiger partial charge in [-0.05, 0) is 13.3 Å². The number of urea groups is 1. The maximum Gasteiger partial charge on any atom is 0.317 e. The Hall–Kier alpha value is -1.46. The van der Waals surface area contributed by atoms with Crippen molar-refractivity contribution in [3.8, 4) is 0 Å². The van der Waals surface area contributed by atoms with Crippen molar-refractivity contribution in [1.82, 2.24) is 10.2 Å². The van der Waals surface area contributed by atoms with E-state index in [0.717, 1.165) is 6.42 Å². The molecule has 88 valence electrons. The molecule has 0 saturated heterocycles. The average Bonchev–Trinajstić information content (AvgIpc) is 2.26. The molecule has 0 saturated carbocycles. The number of nitrogens with one attached hydrogen (secondary N) is 1. The smallest absolute Gasteiger partial charge is 0.317 e. The topological polar surface area (TPSA) is 91.0 Å². The molecule has 1 unspecified atom stereocenters. The van der Waals surface area contributed by atoms with E-state index in [2.05, 4.69) is 10.5 Å². The molecule has 15 heavy (non-hydrogen) atoms. The number of carbonyl (C=O) groups is 1. The van der Waals surface area contributed by atoms with Gasteiger partial charge in [-0.15, -0.1) is 0 Å². The molecule has 0 aromatic heterocycles. The van der Waals surface area contributed by atoms with Crippen LogP contribution in [0.1, 0.15) is 26.7 Å². The molecule has 0 rings (SSSR count). The summed E-state index contributed by atoms with van der Waals surface area (Å²) in [5.41, 5.74) is 5.37. The van der Waals surface area contributed by atoms with Gasteiger partial charge in [-0.3, -0.25) is 0 Å². The summed E-state index contributed by atoms with van der Waals surface area (Å²) >= 11 is 0. The van der Waals surface area contributed by atoms with Crippen LogP contribution in [0.25, 0.3) is 0 Å². The van der Waals surface area contributed by atoms with Crippen LogP contribution in [0.2, 0.25) is 0 Å². The Bertz CT molecular complexity index is 230. The number of carbonyl (C=O) groups excluding carboxylic acids is 1. The van der Waals surface area contributed by atoms with E-state index in [1.165, 1.54) is 0 Å². The second kappa shape index (κ2) is 6.92. The van der Waals surface area contributed by atoms with Gasteiger partial charge in [0, 0.05) is 26.1 Å². The standard InChI is InChI=1S/C9H20N4O2/c1-4-7(6-8(10)12-15)11-9(14)13(3)5-2/h7,15H,4-6H2,1-3H3,(H2,10,12)(H,11,14). The minimum absolute atomic E-state index is 0.0950. The Kier molecular flexibility index (Phi) is 6.24. The van der Waals surface area contributed by atoms with Crippen LogP contribution in [0.3, 0.4) is 0 Å². The molecular weight excluding hydrogens is 196 g/mol. The van der Waals surface area contributed by atoms with Crippen LogP contribution in [0.5, 0.6) is 0 Å². The summed E-state index contributed by atoms with van der Waals surface area (Å²) in [6.07, 6.45) is 1.09. The molecule has 1 atom stereocenters. The van der Waals surface area contributed by atoms with Crippen LogP contribution >= 0.6 is 0 Å². The summed E-state index contributed by atoms with van der Waals surface area (Å²) in [5, 5.41) is 14.1. The normalized spacial score (nSPS) is 13.4. The van der Waals surface area contributed by atoms with Crippen LogP contribution in [0.4, 0.5) is 4.79 Å². The van der Waals surface area contributed by atoms with Gasteiger partial charge in [0.1, 0.15) is 5.84 Å². The highest BCUT2D eigenvalue weighted by Crippen LogP contribution is 1.98. The fraction of sp³-hybridized carbons (Fsp3) is 0.778.